The van der Waals surface area contributed by atoms with Gasteiger partial charge in [0.2, 0.25) is 0 Å². The Labute approximate surface area is 132 Å². The molecule has 0 fully saturated rings. The maximum atomic E-state index is 4.48. The van der Waals surface area contributed by atoms with E-state index in [1.54, 1.807) is 0 Å². The summed E-state index contributed by atoms with van der Waals surface area (Å²) < 4.78 is 0. The van der Waals surface area contributed by atoms with Crippen LogP contribution in [0.15, 0.2) is 60.8 Å². The smallest absolute Gasteiger partial charge is 0.0933 e. The van der Waals surface area contributed by atoms with E-state index < -0.39 is 0 Å². The Kier molecular flexibility index (Phi) is 4.38. The van der Waals surface area contributed by atoms with Gasteiger partial charge in [0.1, 0.15) is 0 Å². The van der Waals surface area contributed by atoms with Crippen LogP contribution in [0.3, 0.4) is 0 Å². The van der Waals surface area contributed by atoms with Crippen LogP contribution in [0.1, 0.15) is 30.4 Å². The molecule has 2 nitrogen and oxygen atoms in total. The van der Waals surface area contributed by atoms with Crippen molar-refractivity contribution in [2.45, 2.75) is 26.2 Å². The second kappa shape index (κ2) is 6.61. The molecule has 22 heavy (non-hydrogen) atoms. The maximum absolute atomic E-state index is 4.48. The van der Waals surface area contributed by atoms with E-state index in [1.807, 2.05) is 12.3 Å². The Balaban J connectivity index is 1.63. The maximum Gasteiger partial charge on any atom is 0.0933 e. The molecule has 0 saturated carbocycles. The van der Waals surface area contributed by atoms with Crippen molar-refractivity contribution in [1.82, 2.24) is 4.98 Å². The van der Waals surface area contributed by atoms with E-state index in [1.165, 1.54) is 16.5 Å². The Morgan fingerprint density at radius 1 is 1.00 bits per heavy atom. The third-order valence-corrected chi connectivity index (χ3v) is 4.17. The molecule has 1 unspecified atom stereocenters. The SMILES string of the molecule is Cc1ccc(C(C)CCNc2cccc3cccnc23)cc1. The molecule has 3 aromatic rings. The number of nitrogens with zero attached hydrogens (tertiary/aromatic N) is 1. The first-order valence-corrected chi connectivity index (χ1v) is 7.88. The van der Waals surface area contributed by atoms with Crippen LogP contribution in [0.2, 0.25) is 0 Å². The number of pyridine rings is 1. The summed E-state index contributed by atoms with van der Waals surface area (Å²) in [6.45, 7) is 5.36. The molecule has 1 N–H and O–H groups in total. The van der Waals surface area contributed by atoms with Crippen LogP contribution in [0.4, 0.5) is 5.69 Å². The number of para-hydroxylation sites is 1. The fourth-order valence-electron chi connectivity index (χ4n) is 2.73. The fourth-order valence-corrected chi connectivity index (χ4v) is 2.73. The molecule has 3 rings (SSSR count). The number of aryl methyl sites for hydroxylation is 1. The summed E-state index contributed by atoms with van der Waals surface area (Å²) in [6.07, 6.45) is 2.95. The van der Waals surface area contributed by atoms with Crippen LogP contribution in [0.5, 0.6) is 0 Å². The minimum absolute atomic E-state index is 0.552. The second-order valence-electron chi connectivity index (χ2n) is 5.91. The molecule has 0 amide bonds. The predicted octanol–water partition coefficient (Wildman–Crippen LogP) is 5.15. The topological polar surface area (TPSA) is 24.9 Å². The average molecular weight is 290 g/mol. The second-order valence-corrected chi connectivity index (χ2v) is 5.91. The van der Waals surface area contributed by atoms with Gasteiger partial charge in [0, 0.05) is 18.1 Å². The summed E-state index contributed by atoms with van der Waals surface area (Å²) >= 11 is 0. The van der Waals surface area contributed by atoms with Crippen molar-refractivity contribution in [3.63, 3.8) is 0 Å². The van der Waals surface area contributed by atoms with Gasteiger partial charge < -0.3 is 5.32 Å². The third kappa shape index (κ3) is 3.28. The van der Waals surface area contributed by atoms with Crippen molar-refractivity contribution in [3.05, 3.63) is 71.9 Å². The van der Waals surface area contributed by atoms with Gasteiger partial charge in [0.15, 0.2) is 0 Å². The molecule has 0 radical (unpaired) electrons. The van der Waals surface area contributed by atoms with Crippen molar-refractivity contribution in [2.24, 2.45) is 0 Å². The molecule has 112 valence electrons. The van der Waals surface area contributed by atoms with Gasteiger partial charge >= 0.3 is 0 Å². The molecular formula is C20H22N2. The van der Waals surface area contributed by atoms with Crippen molar-refractivity contribution in [2.75, 3.05) is 11.9 Å². The molecule has 0 bridgehead atoms. The third-order valence-electron chi connectivity index (χ3n) is 4.17. The highest BCUT2D eigenvalue weighted by atomic mass is 14.9. The molecule has 2 aromatic carbocycles. The summed E-state index contributed by atoms with van der Waals surface area (Å²) in [5, 5.41) is 4.72. The lowest BCUT2D eigenvalue weighted by molar-refractivity contribution is 0.706. The first kappa shape index (κ1) is 14.6. The predicted molar refractivity (Wildman–Crippen MR) is 94.4 cm³/mol. The van der Waals surface area contributed by atoms with Crippen LogP contribution in [0, 0.1) is 6.92 Å². The lowest BCUT2D eigenvalue weighted by Gasteiger charge is -2.14. The minimum Gasteiger partial charge on any atom is -0.383 e. The van der Waals surface area contributed by atoms with Gasteiger partial charge in [-0.1, -0.05) is 55.0 Å². The number of benzene rings is 2. The standard InChI is InChI=1S/C20H22N2/c1-15-8-10-17(11-9-15)16(2)12-14-21-19-7-3-5-18-6-4-13-22-20(18)19/h3-11,13,16,21H,12,14H2,1-2H3. The molecule has 0 aliphatic rings. The van der Waals surface area contributed by atoms with Gasteiger partial charge in [-0.3, -0.25) is 4.98 Å². The number of hydrogen-bond acceptors (Lipinski definition) is 2. The Hall–Kier alpha value is -2.35. The van der Waals surface area contributed by atoms with Crippen molar-refractivity contribution >= 4 is 16.6 Å². The van der Waals surface area contributed by atoms with E-state index in [0.717, 1.165) is 24.2 Å². The normalized spacial score (nSPS) is 12.3. The van der Waals surface area contributed by atoms with E-state index in [0.29, 0.717) is 5.92 Å². The van der Waals surface area contributed by atoms with E-state index in [2.05, 4.69) is 72.7 Å². The highest BCUT2D eigenvalue weighted by Crippen LogP contribution is 2.23. The number of nitrogens with one attached hydrogen (secondary N) is 1. The van der Waals surface area contributed by atoms with Crippen molar-refractivity contribution in [1.29, 1.82) is 0 Å². The van der Waals surface area contributed by atoms with Crippen LogP contribution in [-0.4, -0.2) is 11.5 Å². The fraction of sp³-hybridized carbons (Fsp3) is 0.250. The molecule has 2 heteroatoms. The minimum atomic E-state index is 0.552. The zero-order valence-electron chi connectivity index (χ0n) is 13.2. The largest absolute Gasteiger partial charge is 0.383 e. The van der Waals surface area contributed by atoms with Crippen LogP contribution in [0.25, 0.3) is 10.9 Å². The van der Waals surface area contributed by atoms with E-state index in [9.17, 15) is 0 Å². The summed E-state index contributed by atoms with van der Waals surface area (Å²) in [4.78, 5) is 4.48. The van der Waals surface area contributed by atoms with Crippen LogP contribution >= 0.6 is 0 Å². The van der Waals surface area contributed by atoms with Gasteiger partial charge in [-0.15, -0.1) is 0 Å². The number of hydrogen-bond donors (Lipinski definition) is 1. The highest BCUT2D eigenvalue weighted by molar-refractivity contribution is 5.90. The number of rotatable bonds is 5. The summed E-state index contributed by atoms with van der Waals surface area (Å²) in [5.74, 6) is 0.552. The molecule has 0 aliphatic carbocycles. The van der Waals surface area contributed by atoms with Gasteiger partial charge in [0.25, 0.3) is 0 Å². The Morgan fingerprint density at radius 3 is 2.59 bits per heavy atom. The molecule has 0 spiro atoms. The van der Waals surface area contributed by atoms with E-state index in [-0.39, 0.29) is 0 Å². The number of fused-ring (bicyclic) bond motifs is 1. The zero-order chi connectivity index (χ0) is 15.4. The van der Waals surface area contributed by atoms with Gasteiger partial charge in [-0.05, 0) is 37.0 Å². The Morgan fingerprint density at radius 2 is 1.77 bits per heavy atom. The van der Waals surface area contributed by atoms with E-state index >= 15 is 0 Å². The summed E-state index contributed by atoms with van der Waals surface area (Å²) in [5.41, 5.74) is 4.89. The van der Waals surface area contributed by atoms with Gasteiger partial charge in [-0.25, -0.2) is 0 Å². The zero-order valence-corrected chi connectivity index (χ0v) is 13.2. The molecule has 1 atom stereocenters. The molecule has 0 aliphatic heterocycles. The molecule has 1 heterocycles. The van der Waals surface area contributed by atoms with E-state index in [4.69, 9.17) is 0 Å². The molecular weight excluding hydrogens is 268 g/mol. The summed E-state index contributed by atoms with van der Waals surface area (Å²) in [7, 11) is 0. The van der Waals surface area contributed by atoms with Gasteiger partial charge in [0.05, 0.1) is 11.2 Å². The number of anilines is 1. The first-order chi connectivity index (χ1) is 10.7. The molecule has 0 saturated heterocycles. The summed E-state index contributed by atoms with van der Waals surface area (Å²) in [6, 6.07) is 19.2. The number of aromatic nitrogens is 1. The van der Waals surface area contributed by atoms with Crippen LogP contribution in [-0.2, 0) is 0 Å². The molecule has 1 aromatic heterocycles. The average Bonchev–Trinajstić information content (AvgIpc) is 2.55. The van der Waals surface area contributed by atoms with Crippen molar-refractivity contribution < 1.29 is 0 Å². The first-order valence-electron chi connectivity index (χ1n) is 7.88. The highest BCUT2D eigenvalue weighted by Gasteiger charge is 2.06. The quantitative estimate of drug-likeness (QED) is 0.703. The van der Waals surface area contributed by atoms with Crippen molar-refractivity contribution in [3.8, 4) is 0 Å². The lowest BCUT2D eigenvalue weighted by atomic mass is 9.97. The lowest BCUT2D eigenvalue weighted by Crippen LogP contribution is -2.06. The van der Waals surface area contributed by atoms with Gasteiger partial charge in [-0.2, -0.15) is 0 Å². The van der Waals surface area contributed by atoms with Crippen LogP contribution < -0.4 is 5.32 Å². The monoisotopic (exact) mass is 290 g/mol. The Bertz CT molecular complexity index is 742.